The number of halogens is 1. The molecule has 0 radical (unpaired) electrons. The summed E-state index contributed by atoms with van der Waals surface area (Å²) in [4.78, 5) is 18.2. The van der Waals surface area contributed by atoms with Crippen molar-refractivity contribution in [3.8, 4) is 16.8 Å². The van der Waals surface area contributed by atoms with E-state index in [0.29, 0.717) is 22.5 Å². The quantitative estimate of drug-likeness (QED) is 0.584. The van der Waals surface area contributed by atoms with E-state index in [0.717, 1.165) is 16.8 Å². The number of pyridine rings is 2. The first-order chi connectivity index (χ1) is 13.1. The number of benzene rings is 2. The second-order valence-corrected chi connectivity index (χ2v) is 6.31. The van der Waals surface area contributed by atoms with Crippen LogP contribution >= 0.6 is 0 Å². The Bertz CT molecular complexity index is 1180. The van der Waals surface area contributed by atoms with Gasteiger partial charge in [0.1, 0.15) is 11.5 Å². The smallest absolute Gasteiger partial charge is 0.266 e. The lowest BCUT2D eigenvalue weighted by molar-refractivity contribution is 0.628. The molecule has 2 aromatic carbocycles. The first-order valence-corrected chi connectivity index (χ1v) is 8.65. The van der Waals surface area contributed by atoms with Crippen molar-refractivity contribution >= 4 is 16.7 Å². The second kappa shape index (κ2) is 6.68. The zero-order chi connectivity index (χ0) is 19.0. The van der Waals surface area contributed by atoms with Crippen molar-refractivity contribution < 1.29 is 4.39 Å². The van der Waals surface area contributed by atoms with E-state index in [-0.39, 0.29) is 11.4 Å². The fourth-order valence-corrected chi connectivity index (χ4v) is 3.32. The summed E-state index contributed by atoms with van der Waals surface area (Å²) in [6.07, 6.45) is 0. The number of hydrogen-bond acceptors (Lipinski definition) is 3. The lowest BCUT2D eigenvalue weighted by atomic mass is 10.0. The molecule has 0 bridgehead atoms. The Balaban J connectivity index is 2.19. The highest BCUT2D eigenvalue weighted by atomic mass is 19.1. The van der Waals surface area contributed by atoms with Crippen molar-refractivity contribution in [2.75, 3.05) is 12.4 Å². The van der Waals surface area contributed by atoms with Crippen molar-refractivity contribution in [3.05, 3.63) is 88.6 Å². The van der Waals surface area contributed by atoms with E-state index in [1.807, 2.05) is 49.4 Å². The Hall–Kier alpha value is -3.47. The molecular weight excluding hydrogens is 341 g/mol. The van der Waals surface area contributed by atoms with Crippen LogP contribution in [0.2, 0.25) is 0 Å². The number of nitrogens with one attached hydrogen (secondary N) is 1. The SMILES string of the molecule is CNc1c(-c2ccc(F)cc2)c(=O)n(-c2ccccc2)c2nc(C)ccc12. The molecule has 0 spiro atoms. The second-order valence-electron chi connectivity index (χ2n) is 6.31. The molecule has 1 N–H and O–H groups in total. The Kier molecular flexibility index (Phi) is 4.20. The summed E-state index contributed by atoms with van der Waals surface area (Å²) in [5, 5.41) is 3.97. The van der Waals surface area contributed by atoms with Crippen LogP contribution in [0.4, 0.5) is 10.1 Å². The monoisotopic (exact) mass is 359 g/mol. The van der Waals surface area contributed by atoms with Gasteiger partial charge >= 0.3 is 0 Å². The number of fused-ring (bicyclic) bond motifs is 1. The summed E-state index contributed by atoms with van der Waals surface area (Å²) in [5.74, 6) is -0.341. The average Bonchev–Trinajstić information content (AvgIpc) is 2.68. The normalized spacial score (nSPS) is 10.9. The molecule has 0 saturated carbocycles. The minimum absolute atomic E-state index is 0.206. The van der Waals surface area contributed by atoms with E-state index < -0.39 is 0 Å². The predicted molar refractivity (Wildman–Crippen MR) is 107 cm³/mol. The number of para-hydroxylation sites is 1. The van der Waals surface area contributed by atoms with Crippen LogP contribution < -0.4 is 10.9 Å². The summed E-state index contributed by atoms with van der Waals surface area (Å²) in [5.41, 5.74) is 3.75. The Morgan fingerprint density at radius 3 is 2.33 bits per heavy atom. The Morgan fingerprint density at radius 2 is 1.67 bits per heavy atom. The third-order valence-electron chi connectivity index (χ3n) is 4.56. The van der Waals surface area contributed by atoms with Gasteiger partial charge in [0.25, 0.3) is 5.56 Å². The molecule has 4 aromatic rings. The third kappa shape index (κ3) is 2.87. The van der Waals surface area contributed by atoms with E-state index in [2.05, 4.69) is 10.3 Å². The van der Waals surface area contributed by atoms with Crippen LogP contribution in [0.15, 0.2) is 71.5 Å². The van der Waals surface area contributed by atoms with E-state index in [4.69, 9.17) is 0 Å². The molecule has 0 unspecified atom stereocenters. The number of hydrogen-bond donors (Lipinski definition) is 1. The first-order valence-electron chi connectivity index (χ1n) is 8.65. The van der Waals surface area contributed by atoms with E-state index in [9.17, 15) is 9.18 Å². The van der Waals surface area contributed by atoms with Crippen molar-refractivity contribution in [1.29, 1.82) is 0 Å². The topological polar surface area (TPSA) is 46.9 Å². The maximum atomic E-state index is 13.5. The predicted octanol–water partition coefficient (Wildman–Crippen LogP) is 4.54. The summed E-state index contributed by atoms with van der Waals surface area (Å²) < 4.78 is 15.0. The average molecular weight is 359 g/mol. The minimum atomic E-state index is -0.341. The molecule has 5 heteroatoms. The largest absolute Gasteiger partial charge is 0.387 e. The van der Waals surface area contributed by atoms with Gasteiger partial charge in [-0.05, 0) is 48.9 Å². The van der Waals surface area contributed by atoms with E-state index >= 15 is 0 Å². The van der Waals surface area contributed by atoms with Crippen LogP contribution in [0.5, 0.6) is 0 Å². The van der Waals surface area contributed by atoms with Gasteiger partial charge in [-0.1, -0.05) is 30.3 Å². The number of aryl methyl sites for hydroxylation is 1. The number of rotatable bonds is 3. The summed E-state index contributed by atoms with van der Waals surface area (Å²) >= 11 is 0. The van der Waals surface area contributed by atoms with Gasteiger partial charge in [-0.3, -0.25) is 9.36 Å². The van der Waals surface area contributed by atoms with Crippen molar-refractivity contribution in [2.24, 2.45) is 0 Å². The first kappa shape index (κ1) is 17.0. The number of anilines is 1. The maximum absolute atomic E-state index is 13.5. The van der Waals surface area contributed by atoms with Gasteiger partial charge in [0.15, 0.2) is 0 Å². The Morgan fingerprint density at radius 1 is 0.963 bits per heavy atom. The van der Waals surface area contributed by atoms with Gasteiger partial charge in [0.05, 0.1) is 16.9 Å². The fourth-order valence-electron chi connectivity index (χ4n) is 3.32. The molecule has 4 rings (SSSR count). The van der Waals surface area contributed by atoms with Crippen molar-refractivity contribution in [1.82, 2.24) is 9.55 Å². The molecule has 0 amide bonds. The van der Waals surface area contributed by atoms with Gasteiger partial charge in [0.2, 0.25) is 0 Å². The summed E-state index contributed by atoms with van der Waals surface area (Å²) in [7, 11) is 1.77. The van der Waals surface area contributed by atoms with Gasteiger partial charge in [-0.2, -0.15) is 0 Å². The number of aromatic nitrogens is 2. The van der Waals surface area contributed by atoms with Crippen LogP contribution in [0, 0.1) is 12.7 Å². The van der Waals surface area contributed by atoms with Crippen LogP contribution in [-0.4, -0.2) is 16.6 Å². The highest BCUT2D eigenvalue weighted by Gasteiger charge is 2.19. The lowest BCUT2D eigenvalue weighted by Gasteiger charge is -2.17. The summed E-state index contributed by atoms with van der Waals surface area (Å²) in [6, 6.07) is 19.2. The van der Waals surface area contributed by atoms with Gasteiger partial charge in [-0.25, -0.2) is 9.37 Å². The molecule has 0 fully saturated rings. The molecule has 27 heavy (non-hydrogen) atoms. The van der Waals surface area contributed by atoms with Crippen molar-refractivity contribution in [2.45, 2.75) is 6.92 Å². The fraction of sp³-hybridized carbons (Fsp3) is 0.0909. The molecule has 0 atom stereocenters. The standard InChI is InChI=1S/C22H18FN3O/c1-14-8-13-18-20(24-2)19(15-9-11-16(23)12-10-15)22(27)26(21(18)25-14)17-6-4-3-5-7-17/h3-13,24H,1-2H3. The van der Waals surface area contributed by atoms with Crippen LogP contribution in [0.25, 0.3) is 27.8 Å². The Labute approximate surface area is 155 Å². The summed E-state index contributed by atoms with van der Waals surface area (Å²) in [6.45, 7) is 1.90. The maximum Gasteiger partial charge on any atom is 0.266 e. The minimum Gasteiger partial charge on any atom is -0.387 e. The molecule has 4 nitrogen and oxygen atoms in total. The zero-order valence-electron chi connectivity index (χ0n) is 15.0. The van der Waals surface area contributed by atoms with Crippen molar-refractivity contribution in [3.63, 3.8) is 0 Å². The molecule has 0 aliphatic heterocycles. The van der Waals surface area contributed by atoms with E-state index in [1.165, 1.54) is 12.1 Å². The molecule has 134 valence electrons. The zero-order valence-corrected chi connectivity index (χ0v) is 15.0. The molecule has 0 saturated heterocycles. The molecule has 2 aromatic heterocycles. The molecule has 2 heterocycles. The van der Waals surface area contributed by atoms with Gasteiger partial charge in [-0.15, -0.1) is 0 Å². The van der Waals surface area contributed by atoms with Crippen LogP contribution in [-0.2, 0) is 0 Å². The van der Waals surface area contributed by atoms with Gasteiger partial charge < -0.3 is 5.32 Å². The van der Waals surface area contributed by atoms with Crippen LogP contribution in [0.1, 0.15) is 5.69 Å². The van der Waals surface area contributed by atoms with E-state index in [1.54, 1.807) is 23.7 Å². The molecular formula is C22H18FN3O. The third-order valence-corrected chi connectivity index (χ3v) is 4.56. The highest BCUT2D eigenvalue weighted by Crippen LogP contribution is 2.32. The molecule has 0 aliphatic rings. The highest BCUT2D eigenvalue weighted by molar-refractivity contribution is 5.98. The van der Waals surface area contributed by atoms with Crippen LogP contribution in [0.3, 0.4) is 0 Å². The number of nitrogens with zero attached hydrogens (tertiary/aromatic N) is 2. The van der Waals surface area contributed by atoms with Gasteiger partial charge in [0, 0.05) is 18.1 Å². The molecule has 0 aliphatic carbocycles. The lowest BCUT2D eigenvalue weighted by Crippen LogP contribution is -2.23.